The number of piperazine rings is 1. The molecule has 4 rings (SSSR count). The third kappa shape index (κ3) is 6.03. The van der Waals surface area contributed by atoms with Gasteiger partial charge in [-0.3, -0.25) is 9.69 Å². The monoisotopic (exact) mass is 512 g/mol. The number of carbonyl (C=O) groups is 1. The van der Waals surface area contributed by atoms with Crippen LogP contribution >= 0.6 is 23.2 Å². The van der Waals surface area contributed by atoms with Crippen molar-refractivity contribution >= 4 is 34.8 Å². The van der Waals surface area contributed by atoms with Gasteiger partial charge in [-0.1, -0.05) is 59.1 Å². The van der Waals surface area contributed by atoms with Crippen LogP contribution < -0.4 is 10.2 Å². The number of amides is 1. The molecule has 35 heavy (non-hydrogen) atoms. The minimum Gasteiger partial charge on any atom is -0.368 e. The number of halogens is 2. The van der Waals surface area contributed by atoms with Gasteiger partial charge in [0, 0.05) is 51.2 Å². The summed E-state index contributed by atoms with van der Waals surface area (Å²) in [5.74, 6) is 0.00322. The van der Waals surface area contributed by atoms with E-state index in [2.05, 4.69) is 50.9 Å². The number of anilines is 1. The number of unbranched alkanes of at least 4 members (excludes halogenated alkanes) is 1. The van der Waals surface area contributed by atoms with E-state index >= 15 is 0 Å². The second-order valence-electron chi connectivity index (χ2n) is 9.32. The van der Waals surface area contributed by atoms with Gasteiger partial charge in [0.1, 0.15) is 0 Å². The average Bonchev–Trinajstić information content (AvgIpc) is 3.16. The van der Waals surface area contributed by atoms with Gasteiger partial charge in [-0.15, -0.1) is 0 Å². The maximum absolute atomic E-state index is 12.8. The standard InChI is InChI=1S/C28H34Cl2N4O/c1-20-9-11-22(12-10-20)26-19-23(21(2)32(26)3)28(35)31-13-4-5-14-33-15-17-34(18-16-33)25-8-6-7-24(29)27(25)30/h6-12,19H,4-5,13-18H2,1-3H3,(H,31,35). The molecular formula is C28H34Cl2N4O. The first-order valence-electron chi connectivity index (χ1n) is 12.3. The molecule has 0 radical (unpaired) electrons. The highest BCUT2D eigenvalue weighted by molar-refractivity contribution is 6.43. The molecule has 0 bridgehead atoms. The summed E-state index contributed by atoms with van der Waals surface area (Å²) in [6.07, 6.45) is 2.02. The summed E-state index contributed by atoms with van der Waals surface area (Å²) in [5, 5.41) is 4.35. The summed E-state index contributed by atoms with van der Waals surface area (Å²) in [5.41, 5.74) is 6.16. The normalized spacial score (nSPS) is 14.4. The van der Waals surface area contributed by atoms with Crippen molar-refractivity contribution in [2.45, 2.75) is 26.7 Å². The largest absolute Gasteiger partial charge is 0.368 e. The lowest BCUT2D eigenvalue weighted by Gasteiger charge is -2.36. The number of rotatable bonds is 8. The zero-order valence-electron chi connectivity index (χ0n) is 20.8. The molecule has 7 heteroatoms. The van der Waals surface area contributed by atoms with E-state index in [1.54, 1.807) is 0 Å². The molecule has 0 aliphatic carbocycles. The Hall–Kier alpha value is -2.47. The first-order chi connectivity index (χ1) is 16.8. The molecule has 3 aromatic rings. The fourth-order valence-corrected chi connectivity index (χ4v) is 5.05. The van der Waals surface area contributed by atoms with Crippen molar-refractivity contribution in [3.63, 3.8) is 0 Å². The molecule has 5 nitrogen and oxygen atoms in total. The first kappa shape index (κ1) is 25.6. The molecule has 186 valence electrons. The SMILES string of the molecule is Cc1ccc(-c2cc(C(=O)NCCCCN3CCN(c4cccc(Cl)c4Cl)CC3)c(C)n2C)cc1. The molecule has 0 atom stereocenters. The predicted molar refractivity (Wildman–Crippen MR) is 147 cm³/mol. The molecule has 0 saturated carbocycles. The summed E-state index contributed by atoms with van der Waals surface area (Å²) < 4.78 is 2.09. The topological polar surface area (TPSA) is 40.5 Å². The van der Waals surface area contributed by atoms with Crippen molar-refractivity contribution in [2.24, 2.45) is 7.05 Å². The van der Waals surface area contributed by atoms with E-state index in [9.17, 15) is 4.79 Å². The van der Waals surface area contributed by atoms with E-state index in [0.29, 0.717) is 16.6 Å². The van der Waals surface area contributed by atoms with Crippen LogP contribution in [0.15, 0.2) is 48.5 Å². The number of nitrogens with one attached hydrogen (secondary N) is 1. The molecule has 1 saturated heterocycles. The van der Waals surface area contributed by atoms with Crippen molar-refractivity contribution < 1.29 is 4.79 Å². The zero-order valence-corrected chi connectivity index (χ0v) is 22.3. The lowest BCUT2D eigenvalue weighted by molar-refractivity contribution is 0.0952. The Labute approximate surface area is 218 Å². The van der Waals surface area contributed by atoms with Gasteiger partial charge in [-0.25, -0.2) is 0 Å². The lowest BCUT2D eigenvalue weighted by atomic mass is 10.1. The molecule has 1 N–H and O–H groups in total. The number of hydrogen-bond acceptors (Lipinski definition) is 3. The number of aromatic nitrogens is 1. The highest BCUT2D eigenvalue weighted by Crippen LogP contribution is 2.33. The van der Waals surface area contributed by atoms with E-state index in [-0.39, 0.29) is 5.91 Å². The summed E-state index contributed by atoms with van der Waals surface area (Å²) in [7, 11) is 2.02. The van der Waals surface area contributed by atoms with Crippen LogP contribution in [0.25, 0.3) is 11.3 Å². The van der Waals surface area contributed by atoms with Crippen LogP contribution in [0.1, 0.15) is 34.5 Å². The maximum atomic E-state index is 12.8. The van der Waals surface area contributed by atoms with E-state index in [4.69, 9.17) is 23.2 Å². The van der Waals surface area contributed by atoms with E-state index in [1.165, 1.54) is 5.56 Å². The van der Waals surface area contributed by atoms with E-state index in [0.717, 1.165) is 73.8 Å². The Balaban J connectivity index is 1.20. The highest BCUT2D eigenvalue weighted by Gasteiger charge is 2.20. The van der Waals surface area contributed by atoms with Crippen LogP contribution in [0, 0.1) is 13.8 Å². The molecule has 1 aliphatic heterocycles. The van der Waals surface area contributed by atoms with Gasteiger partial charge in [-0.05, 0) is 57.0 Å². The molecule has 0 spiro atoms. The van der Waals surface area contributed by atoms with Crippen LogP contribution in [0.3, 0.4) is 0 Å². The van der Waals surface area contributed by atoms with Crippen LogP contribution in [0.5, 0.6) is 0 Å². The fraction of sp³-hybridized carbons (Fsp3) is 0.393. The van der Waals surface area contributed by atoms with Gasteiger partial charge >= 0.3 is 0 Å². The third-order valence-electron chi connectivity index (χ3n) is 6.96. The Bertz CT molecular complexity index is 1160. The molecule has 2 aromatic carbocycles. The predicted octanol–water partition coefficient (Wildman–Crippen LogP) is 5.95. The average molecular weight is 514 g/mol. The highest BCUT2D eigenvalue weighted by atomic mass is 35.5. The Morgan fingerprint density at radius 3 is 2.40 bits per heavy atom. The second kappa shape index (κ2) is 11.5. The quantitative estimate of drug-likeness (QED) is 0.379. The van der Waals surface area contributed by atoms with Crippen LogP contribution in [0.4, 0.5) is 5.69 Å². The first-order valence-corrected chi connectivity index (χ1v) is 13.0. The Morgan fingerprint density at radius 2 is 1.69 bits per heavy atom. The van der Waals surface area contributed by atoms with Crippen molar-refractivity contribution in [1.82, 2.24) is 14.8 Å². The van der Waals surface area contributed by atoms with Crippen LogP contribution in [0.2, 0.25) is 10.0 Å². The van der Waals surface area contributed by atoms with Crippen molar-refractivity contribution in [2.75, 3.05) is 44.2 Å². The van der Waals surface area contributed by atoms with Gasteiger partial charge in [-0.2, -0.15) is 0 Å². The number of benzene rings is 2. The molecule has 1 fully saturated rings. The van der Waals surface area contributed by atoms with E-state index in [1.807, 2.05) is 38.2 Å². The smallest absolute Gasteiger partial charge is 0.253 e. The summed E-state index contributed by atoms with van der Waals surface area (Å²) >= 11 is 12.6. The molecule has 2 heterocycles. The number of hydrogen-bond donors (Lipinski definition) is 1. The summed E-state index contributed by atoms with van der Waals surface area (Å²) in [6.45, 7) is 9.68. The summed E-state index contributed by atoms with van der Waals surface area (Å²) in [4.78, 5) is 17.6. The van der Waals surface area contributed by atoms with E-state index < -0.39 is 0 Å². The minimum atomic E-state index is 0.00322. The molecule has 1 aromatic heterocycles. The van der Waals surface area contributed by atoms with Crippen molar-refractivity contribution in [3.05, 3.63) is 75.4 Å². The lowest BCUT2D eigenvalue weighted by Crippen LogP contribution is -2.46. The minimum absolute atomic E-state index is 0.00322. The maximum Gasteiger partial charge on any atom is 0.253 e. The van der Waals surface area contributed by atoms with Gasteiger partial charge in [0.2, 0.25) is 0 Å². The number of aryl methyl sites for hydroxylation is 1. The molecule has 1 aliphatic rings. The summed E-state index contributed by atoms with van der Waals surface area (Å²) in [6, 6.07) is 16.2. The van der Waals surface area contributed by atoms with Gasteiger partial charge in [0.05, 0.1) is 21.3 Å². The Morgan fingerprint density at radius 1 is 0.971 bits per heavy atom. The van der Waals surface area contributed by atoms with Gasteiger partial charge in [0.15, 0.2) is 0 Å². The van der Waals surface area contributed by atoms with Crippen LogP contribution in [-0.2, 0) is 7.05 Å². The fourth-order valence-electron chi connectivity index (χ4n) is 4.64. The Kier molecular flexibility index (Phi) is 8.42. The van der Waals surface area contributed by atoms with Crippen molar-refractivity contribution in [3.8, 4) is 11.3 Å². The van der Waals surface area contributed by atoms with Gasteiger partial charge < -0.3 is 14.8 Å². The zero-order chi connectivity index (χ0) is 24.9. The number of nitrogens with zero attached hydrogens (tertiary/aromatic N) is 3. The van der Waals surface area contributed by atoms with Gasteiger partial charge in [0.25, 0.3) is 5.91 Å². The molecule has 0 unspecified atom stereocenters. The molecule has 1 amide bonds. The van der Waals surface area contributed by atoms with Crippen LogP contribution in [-0.4, -0.2) is 54.6 Å². The van der Waals surface area contributed by atoms with Crippen molar-refractivity contribution in [1.29, 1.82) is 0 Å². The molecular weight excluding hydrogens is 479 g/mol. The third-order valence-corrected chi connectivity index (χ3v) is 7.77. The number of carbonyl (C=O) groups excluding carboxylic acids is 1. The second-order valence-corrected chi connectivity index (χ2v) is 10.1.